The predicted molar refractivity (Wildman–Crippen MR) is 95.0 cm³/mol. The molecule has 0 aliphatic carbocycles. The van der Waals surface area contributed by atoms with E-state index in [1.807, 2.05) is 11.0 Å². The van der Waals surface area contributed by atoms with E-state index in [-0.39, 0.29) is 11.4 Å². The number of fused-ring (bicyclic) bond motifs is 1. The first-order valence-corrected chi connectivity index (χ1v) is 8.42. The number of aromatic amines is 1. The average molecular weight is 378 g/mol. The Kier molecular flexibility index (Phi) is 4.05. The third kappa shape index (κ3) is 3.11. The highest BCUT2D eigenvalue weighted by atomic mass is 19.4. The van der Waals surface area contributed by atoms with E-state index in [1.54, 1.807) is 16.6 Å². The second kappa shape index (κ2) is 6.29. The normalized spacial score (nSPS) is 15.6. The fourth-order valence-corrected chi connectivity index (χ4v) is 3.34. The van der Waals surface area contributed by atoms with Crippen LogP contribution in [0.4, 0.5) is 24.8 Å². The summed E-state index contributed by atoms with van der Waals surface area (Å²) in [6.07, 6.45) is -1.57. The Bertz CT molecular complexity index is 1030. The Hall–Kier alpha value is -3.04. The van der Waals surface area contributed by atoms with Gasteiger partial charge in [-0.2, -0.15) is 18.3 Å². The van der Waals surface area contributed by atoms with Crippen LogP contribution < -0.4 is 15.4 Å². The van der Waals surface area contributed by atoms with Crippen LogP contribution in [0.3, 0.4) is 0 Å². The molecule has 0 unspecified atom stereocenters. The topological polar surface area (TPSA) is 70.1 Å². The van der Waals surface area contributed by atoms with E-state index < -0.39 is 11.7 Å². The number of hydrogen-bond acceptors (Lipinski definition) is 5. The Labute approximate surface area is 152 Å². The van der Waals surface area contributed by atoms with Gasteiger partial charge < -0.3 is 14.8 Å². The maximum atomic E-state index is 13.2. The maximum absolute atomic E-state index is 13.2. The van der Waals surface area contributed by atoms with Crippen LogP contribution in [-0.2, 0) is 13.2 Å². The van der Waals surface area contributed by atoms with Crippen molar-refractivity contribution in [3.05, 3.63) is 46.5 Å². The van der Waals surface area contributed by atoms with Gasteiger partial charge in [-0.3, -0.25) is 9.48 Å². The molecule has 3 aromatic rings. The monoisotopic (exact) mass is 378 g/mol. The minimum Gasteiger partial charge on any atom is -0.354 e. The molecule has 1 aliphatic heterocycles. The summed E-state index contributed by atoms with van der Waals surface area (Å²) in [7, 11) is 1.75. The van der Waals surface area contributed by atoms with Gasteiger partial charge in [0.1, 0.15) is 11.6 Å². The van der Waals surface area contributed by atoms with Gasteiger partial charge in [0.15, 0.2) is 0 Å². The lowest BCUT2D eigenvalue weighted by atomic mass is 10.2. The summed E-state index contributed by atoms with van der Waals surface area (Å²) in [6.45, 7) is 1.66. The third-order valence-corrected chi connectivity index (χ3v) is 4.76. The zero-order valence-electron chi connectivity index (χ0n) is 14.5. The van der Waals surface area contributed by atoms with Crippen LogP contribution in [0.1, 0.15) is 5.56 Å². The second-order valence-corrected chi connectivity index (χ2v) is 6.40. The minimum atomic E-state index is -4.45. The summed E-state index contributed by atoms with van der Waals surface area (Å²) < 4.78 is 41.3. The fourth-order valence-electron chi connectivity index (χ4n) is 3.34. The molecule has 0 saturated carbocycles. The number of aryl methyl sites for hydroxylation is 1. The summed E-state index contributed by atoms with van der Waals surface area (Å²) in [4.78, 5) is 22.6. The number of piperazine rings is 1. The number of aromatic nitrogens is 4. The van der Waals surface area contributed by atoms with Gasteiger partial charge in [-0.05, 0) is 12.1 Å². The van der Waals surface area contributed by atoms with Crippen LogP contribution in [0.25, 0.3) is 10.9 Å². The summed E-state index contributed by atoms with van der Waals surface area (Å²) >= 11 is 0. The number of hydrogen-bond donors (Lipinski definition) is 1. The molecule has 1 aliphatic rings. The average Bonchev–Trinajstić information content (AvgIpc) is 3.03. The van der Waals surface area contributed by atoms with E-state index in [0.29, 0.717) is 42.9 Å². The standard InChI is InChI=1S/C17H17F3N6O/c1-24-13-9-14(23-16(27)11(13)10-22-24)25-5-7-26(8-6-25)15-12(17(18,19)20)3-2-4-21-15/h2-4,9-10H,5-8H2,1H3,(H,23,27). The smallest absolute Gasteiger partial charge is 0.354 e. The number of nitrogens with zero attached hydrogens (tertiary/aromatic N) is 5. The highest BCUT2D eigenvalue weighted by molar-refractivity contribution is 5.80. The van der Waals surface area contributed by atoms with Crippen LogP contribution in [0.15, 0.2) is 35.4 Å². The van der Waals surface area contributed by atoms with Crippen LogP contribution in [0.5, 0.6) is 0 Å². The Balaban J connectivity index is 1.57. The third-order valence-electron chi connectivity index (χ3n) is 4.76. The van der Waals surface area contributed by atoms with Crippen LogP contribution >= 0.6 is 0 Å². The minimum absolute atomic E-state index is 0.0553. The predicted octanol–water partition coefficient (Wildman–Crippen LogP) is 2.00. The van der Waals surface area contributed by atoms with Gasteiger partial charge in [0, 0.05) is 45.5 Å². The molecule has 0 aromatic carbocycles. The molecule has 0 radical (unpaired) electrons. The lowest BCUT2D eigenvalue weighted by Crippen LogP contribution is -2.48. The Morgan fingerprint density at radius 1 is 1.15 bits per heavy atom. The van der Waals surface area contributed by atoms with Crippen molar-refractivity contribution in [1.29, 1.82) is 0 Å². The van der Waals surface area contributed by atoms with E-state index in [9.17, 15) is 18.0 Å². The van der Waals surface area contributed by atoms with Gasteiger partial charge in [0.25, 0.3) is 5.56 Å². The van der Waals surface area contributed by atoms with E-state index in [1.165, 1.54) is 18.5 Å². The van der Waals surface area contributed by atoms with Crippen molar-refractivity contribution < 1.29 is 13.2 Å². The molecular formula is C17H17F3N6O. The number of alkyl halides is 3. The highest BCUT2D eigenvalue weighted by Crippen LogP contribution is 2.35. The number of halogens is 3. The molecule has 10 heteroatoms. The zero-order chi connectivity index (χ0) is 19.2. The van der Waals surface area contributed by atoms with Crippen molar-refractivity contribution in [3.63, 3.8) is 0 Å². The van der Waals surface area contributed by atoms with Crippen molar-refractivity contribution in [3.8, 4) is 0 Å². The molecule has 4 heterocycles. The molecule has 27 heavy (non-hydrogen) atoms. The van der Waals surface area contributed by atoms with Gasteiger partial charge >= 0.3 is 6.18 Å². The molecule has 1 N–H and O–H groups in total. The summed E-state index contributed by atoms with van der Waals surface area (Å²) in [5.41, 5.74) is -0.259. The lowest BCUT2D eigenvalue weighted by Gasteiger charge is -2.37. The molecular weight excluding hydrogens is 361 g/mol. The largest absolute Gasteiger partial charge is 0.419 e. The molecule has 1 saturated heterocycles. The van der Waals surface area contributed by atoms with Gasteiger partial charge in [0.2, 0.25) is 0 Å². The number of anilines is 2. The van der Waals surface area contributed by atoms with Gasteiger partial charge in [-0.25, -0.2) is 4.98 Å². The summed E-state index contributed by atoms with van der Waals surface area (Å²) in [5, 5.41) is 4.59. The molecule has 4 rings (SSSR count). The highest BCUT2D eigenvalue weighted by Gasteiger charge is 2.36. The van der Waals surface area contributed by atoms with Crippen LogP contribution in [-0.4, -0.2) is 45.9 Å². The lowest BCUT2D eigenvalue weighted by molar-refractivity contribution is -0.137. The quantitative estimate of drug-likeness (QED) is 0.739. The van der Waals surface area contributed by atoms with Crippen molar-refractivity contribution in [2.75, 3.05) is 36.0 Å². The van der Waals surface area contributed by atoms with E-state index in [4.69, 9.17) is 0 Å². The fraction of sp³-hybridized carbons (Fsp3) is 0.353. The number of nitrogens with one attached hydrogen (secondary N) is 1. The summed E-state index contributed by atoms with van der Waals surface area (Å²) in [6, 6.07) is 4.17. The van der Waals surface area contributed by atoms with Gasteiger partial charge in [-0.1, -0.05) is 0 Å². The molecule has 3 aromatic heterocycles. The van der Waals surface area contributed by atoms with E-state index in [2.05, 4.69) is 15.1 Å². The molecule has 1 fully saturated rings. The number of rotatable bonds is 2. The Morgan fingerprint density at radius 2 is 1.85 bits per heavy atom. The first-order chi connectivity index (χ1) is 12.8. The zero-order valence-corrected chi connectivity index (χ0v) is 14.5. The maximum Gasteiger partial charge on any atom is 0.419 e. The molecule has 0 atom stereocenters. The molecule has 0 spiro atoms. The van der Waals surface area contributed by atoms with Gasteiger partial charge in [0.05, 0.1) is 22.7 Å². The molecule has 7 nitrogen and oxygen atoms in total. The number of pyridine rings is 2. The van der Waals surface area contributed by atoms with Crippen molar-refractivity contribution in [1.82, 2.24) is 19.7 Å². The van der Waals surface area contributed by atoms with E-state index >= 15 is 0 Å². The molecule has 0 amide bonds. The Morgan fingerprint density at radius 3 is 2.56 bits per heavy atom. The van der Waals surface area contributed by atoms with Crippen molar-refractivity contribution in [2.24, 2.45) is 7.05 Å². The van der Waals surface area contributed by atoms with Crippen molar-refractivity contribution >= 4 is 22.5 Å². The van der Waals surface area contributed by atoms with E-state index in [0.717, 1.165) is 6.07 Å². The van der Waals surface area contributed by atoms with Crippen LogP contribution in [0, 0.1) is 0 Å². The first-order valence-electron chi connectivity index (χ1n) is 8.42. The first kappa shape index (κ1) is 17.4. The van der Waals surface area contributed by atoms with Crippen LogP contribution in [0.2, 0.25) is 0 Å². The summed E-state index contributed by atoms with van der Waals surface area (Å²) in [5.74, 6) is 0.577. The second-order valence-electron chi connectivity index (χ2n) is 6.40. The SMILES string of the molecule is Cn1ncc2c(=O)[nH]c(N3CCN(c4ncccc4C(F)(F)F)CC3)cc21. The molecule has 0 bridgehead atoms. The van der Waals surface area contributed by atoms with Crippen molar-refractivity contribution in [2.45, 2.75) is 6.18 Å². The number of H-pyrrole nitrogens is 1. The van der Waals surface area contributed by atoms with Gasteiger partial charge in [-0.15, -0.1) is 0 Å². The molecule has 142 valence electrons.